The van der Waals surface area contributed by atoms with E-state index in [0.717, 1.165) is 18.4 Å². The number of piperazine rings is 1. The van der Waals surface area contributed by atoms with Gasteiger partial charge in [0.15, 0.2) is 17.4 Å². The molecule has 12 nitrogen and oxygen atoms in total. The Bertz CT molecular complexity index is 1520. The summed E-state index contributed by atoms with van der Waals surface area (Å²) in [6.45, 7) is 4.81. The number of hydrogen-bond donors (Lipinski definition) is 2. The van der Waals surface area contributed by atoms with Crippen molar-refractivity contribution in [1.29, 1.82) is 5.26 Å². The number of benzene rings is 1. The molecule has 0 unspecified atom stereocenters. The van der Waals surface area contributed by atoms with E-state index in [9.17, 15) is 26.9 Å². The van der Waals surface area contributed by atoms with Crippen molar-refractivity contribution in [2.24, 2.45) is 0 Å². The molecule has 1 saturated heterocycles. The average Bonchev–Trinajstić information content (AvgIpc) is 3.64. The number of nitrogens with zero attached hydrogens (tertiary/aromatic N) is 6. The molecule has 0 spiro atoms. The van der Waals surface area contributed by atoms with Gasteiger partial charge in [0.05, 0.1) is 22.7 Å². The molecule has 3 heterocycles. The third-order valence-electron chi connectivity index (χ3n) is 6.04. The summed E-state index contributed by atoms with van der Waals surface area (Å²) in [6.07, 6.45) is -2.90. The first-order chi connectivity index (χ1) is 18.3. The van der Waals surface area contributed by atoms with Gasteiger partial charge in [0.1, 0.15) is 10.6 Å². The normalized spacial score (nSPS) is 16.4. The van der Waals surface area contributed by atoms with Crippen LogP contribution in [0.1, 0.15) is 29.9 Å². The van der Waals surface area contributed by atoms with E-state index < -0.39 is 22.2 Å². The molecule has 1 saturated carbocycles. The number of aryl methyl sites for hydroxylation is 2. The number of aromatic nitrogens is 3. The highest BCUT2D eigenvalue weighted by atomic mass is 32.2. The SMILES string of the molecule is Cc1noc(C)c1S(=O)(=O)N1CCN(c2nc3cc(C#N)ccc3nc2NC2CC2)CC1.O=C(O)C(F)(F)F. The van der Waals surface area contributed by atoms with Gasteiger partial charge in [-0.2, -0.15) is 22.7 Å². The first-order valence-corrected chi connectivity index (χ1v) is 13.2. The monoisotopic (exact) mass is 567 g/mol. The minimum absolute atomic E-state index is 0.150. The standard InChI is InChI=1S/C21H23N7O3S.C2HF3O2/c1-13-19(14(2)31-26-13)32(29,30)28-9-7-27(8-10-28)21-20(23-16-4-5-16)24-17-6-3-15(12-22)11-18(17)25-21;3-2(4,5)1(6)7/h3,6,11,16H,4-5,7-10H2,1-2H3,(H,23,24);(H,6,7). The number of fused-ring (bicyclic) bond motifs is 1. The number of sulfonamides is 1. The van der Waals surface area contributed by atoms with Gasteiger partial charge in [-0.05, 0) is 44.9 Å². The summed E-state index contributed by atoms with van der Waals surface area (Å²) < 4.78 is 64.5. The van der Waals surface area contributed by atoms with E-state index in [1.807, 2.05) is 0 Å². The quantitative estimate of drug-likeness (QED) is 0.466. The summed E-state index contributed by atoms with van der Waals surface area (Å²) >= 11 is 0. The Labute approximate surface area is 221 Å². The van der Waals surface area contributed by atoms with Gasteiger partial charge in [-0.3, -0.25) is 0 Å². The lowest BCUT2D eigenvalue weighted by atomic mass is 10.2. The number of nitrogens with one attached hydrogen (secondary N) is 1. The third kappa shape index (κ3) is 6.20. The molecule has 0 radical (unpaired) electrons. The maximum Gasteiger partial charge on any atom is 0.490 e. The van der Waals surface area contributed by atoms with Crippen LogP contribution in [0.2, 0.25) is 0 Å². The van der Waals surface area contributed by atoms with E-state index in [2.05, 4.69) is 21.4 Å². The van der Waals surface area contributed by atoms with Crippen LogP contribution in [0, 0.1) is 25.2 Å². The van der Waals surface area contributed by atoms with Crippen molar-refractivity contribution in [2.75, 3.05) is 36.4 Å². The molecular weight excluding hydrogens is 543 g/mol. The van der Waals surface area contributed by atoms with E-state index in [-0.39, 0.29) is 4.90 Å². The van der Waals surface area contributed by atoms with Gasteiger partial charge in [-0.15, -0.1) is 0 Å². The number of halogens is 3. The van der Waals surface area contributed by atoms with Crippen molar-refractivity contribution < 1.29 is 36.0 Å². The molecule has 0 amide bonds. The summed E-state index contributed by atoms with van der Waals surface area (Å²) in [5, 5.41) is 23.6. The van der Waals surface area contributed by atoms with Crippen molar-refractivity contribution >= 4 is 38.7 Å². The molecule has 1 aliphatic carbocycles. The molecule has 2 fully saturated rings. The molecule has 1 aromatic carbocycles. The molecule has 5 rings (SSSR count). The van der Waals surface area contributed by atoms with E-state index in [4.69, 9.17) is 24.4 Å². The number of aliphatic carboxylic acids is 1. The number of carbonyl (C=O) groups is 1. The van der Waals surface area contributed by atoms with Gasteiger partial charge < -0.3 is 19.8 Å². The Morgan fingerprint density at radius 1 is 1.15 bits per heavy atom. The first kappa shape index (κ1) is 28.0. The molecule has 0 bridgehead atoms. The summed E-state index contributed by atoms with van der Waals surface area (Å²) in [5.41, 5.74) is 2.26. The van der Waals surface area contributed by atoms with Gasteiger partial charge in [-0.25, -0.2) is 23.2 Å². The van der Waals surface area contributed by atoms with Crippen molar-refractivity contribution in [1.82, 2.24) is 19.4 Å². The molecule has 39 heavy (non-hydrogen) atoms. The van der Waals surface area contributed by atoms with Crippen LogP contribution in [0.4, 0.5) is 24.8 Å². The van der Waals surface area contributed by atoms with Crippen molar-refractivity contribution in [3.63, 3.8) is 0 Å². The van der Waals surface area contributed by atoms with Gasteiger partial charge in [0.2, 0.25) is 10.0 Å². The lowest BCUT2D eigenvalue weighted by Crippen LogP contribution is -2.49. The largest absolute Gasteiger partial charge is 0.490 e. The summed E-state index contributed by atoms with van der Waals surface area (Å²) in [6, 6.07) is 7.79. The molecule has 2 aliphatic rings. The number of carboxylic acids is 1. The summed E-state index contributed by atoms with van der Waals surface area (Å²) in [7, 11) is -3.69. The van der Waals surface area contributed by atoms with Gasteiger partial charge >= 0.3 is 12.1 Å². The fourth-order valence-corrected chi connectivity index (χ4v) is 5.68. The van der Waals surface area contributed by atoms with Crippen molar-refractivity contribution in [2.45, 2.75) is 43.8 Å². The van der Waals surface area contributed by atoms with Crippen molar-refractivity contribution in [3.05, 3.63) is 35.2 Å². The van der Waals surface area contributed by atoms with E-state index in [1.165, 1.54) is 4.31 Å². The Hall–Kier alpha value is -3.97. The smallest absolute Gasteiger partial charge is 0.475 e. The zero-order chi connectivity index (χ0) is 28.5. The topological polar surface area (TPSA) is 166 Å². The fourth-order valence-electron chi connectivity index (χ4n) is 3.97. The second kappa shape index (κ2) is 10.7. The predicted molar refractivity (Wildman–Crippen MR) is 132 cm³/mol. The number of hydrogen-bond acceptors (Lipinski definition) is 10. The Kier molecular flexibility index (Phi) is 7.66. The van der Waals surface area contributed by atoms with Crippen LogP contribution in [0.15, 0.2) is 27.6 Å². The van der Waals surface area contributed by atoms with E-state index in [0.29, 0.717) is 66.4 Å². The maximum atomic E-state index is 13.1. The van der Waals surface area contributed by atoms with Crippen LogP contribution in [-0.4, -0.2) is 77.3 Å². The Balaban J connectivity index is 0.000000448. The zero-order valence-electron chi connectivity index (χ0n) is 20.9. The molecule has 1 aliphatic heterocycles. The molecule has 2 aromatic heterocycles. The molecule has 16 heteroatoms. The highest BCUT2D eigenvalue weighted by molar-refractivity contribution is 7.89. The second-order valence-electron chi connectivity index (χ2n) is 8.98. The van der Waals surface area contributed by atoms with Crippen molar-refractivity contribution in [3.8, 4) is 6.07 Å². The minimum Gasteiger partial charge on any atom is -0.475 e. The third-order valence-corrected chi connectivity index (χ3v) is 8.18. The van der Waals surface area contributed by atoms with Crippen LogP contribution in [0.25, 0.3) is 11.0 Å². The average molecular weight is 568 g/mol. The van der Waals surface area contributed by atoms with Crippen LogP contribution in [0.3, 0.4) is 0 Å². The summed E-state index contributed by atoms with van der Waals surface area (Å²) in [5.74, 6) is -1.07. The summed E-state index contributed by atoms with van der Waals surface area (Å²) in [4.78, 5) is 20.7. The van der Waals surface area contributed by atoms with Crippen LogP contribution in [-0.2, 0) is 14.8 Å². The molecule has 208 valence electrons. The van der Waals surface area contributed by atoms with Crippen LogP contribution < -0.4 is 10.2 Å². The van der Waals surface area contributed by atoms with Crippen LogP contribution >= 0.6 is 0 Å². The second-order valence-corrected chi connectivity index (χ2v) is 10.9. The molecule has 0 atom stereocenters. The van der Waals surface area contributed by atoms with E-state index in [1.54, 1.807) is 32.0 Å². The number of alkyl halides is 3. The fraction of sp³-hybridized carbons (Fsp3) is 0.435. The number of carboxylic acid groups (broad SMARTS) is 1. The Morgan fingerprint density at radius 2 is 1.79 bits per heavy atom. The van der Waals surface area contributed by atoms with E-state index >= 15 is 0 Å². The van der Waals surface area contributed by atoms with Gasteiger partial charge in [0, 0.05) is 32.2 Å². The zero-order valence-corrected chi connectivity index (χ0v) is 21.7. The predicted octanol–water partition coefficient (Wildman–Crippen LogP) is 2.82. The number of anilines is 2. The maximum absolute atomic E-state index is 13.1. The Morgan fingerprint density at radius 3 is 2.31 bits per heavy atom. The molecule has 2 N–H and O–H groups in total. The lowest BCUT2D eigenvalue weighted by Gasteiger charge is -2.35. The molecular formula is C23H24F3N7O5S. The number of nitriles is 1. The van der Waals surface area contributed by atoms with Gasteiger partial charge in [0.25, 0.3) is 0 Å². The highest BCUT2D eigenvalue weighted by Crippen LogP contribution is 2.32. The first-order valence-electron chi connectivity index (χ1n) is 11.8. The molecule has 3 aromatic rings. The highest BCUT2D eigenvalue weighted by Gasteiger charge is 2.38. The van der Waals surface area contributed by atoms with Gasteiger partial charge in [-0.1, -0.05) is 5.16 Å². The minimum atomic E-state index is -5.08. The lowest BCUT2D eigenvalue weighted by molar-refractivity contribution is -0.192. The number of rotatable bonds is 5. The van der Waals surface area contributed by atoms with Crippen LogP contribution in [0.5, 0.6) is 0 Å².